The van der Waals surface area contributed by atoms with Gasteiger partial charge >= 0.3 is 12.0 Å². The molecule has 6 nitrogen and oxygen atoms in total. The fraction of sp³-hybridized carbons (Fsp3) is 0.571. The van der Waals surface area contributed by atoms with Crippen LogP contribution in [-0.4, -0.2) is 58.6 Å². The van der Waals surface area contributed by atoms with Crippen LogP contribution in [0.5, 0.6) is 0 Å². The molecule has 1 aliphatic heterocycles. The summed E-state index contributed by atoms with van der Waals surface area (Å²) in [6.07, 6.45) is 0. The highest BCUT2D eigenvalue weighted by Gasteiger charge is 2.28. The van der Waals surface area contributed by atoms with Crippen molar-refractivity contribution in [1.29, 1.82) is 0 Å². The molecule has 1 aliphatic rings. The lowest BCUT2D eigenvalue weighted by atomic mass is 10.1. The topological polar surface area (TPSA) is 72.9 Å². The van der Waals surface area contributed by atoms with Crippen molar-refractivity contribution < 1.29 is 14.7 Å². The summed E-state index contributed by atoms with van der Waals surface area (Å²) in [5.74, 6) is -1.02. The molecule has 2 heterocycles. The number of piperazine rings is 1. The van der Waals surface area contributed by atoms with Crippen molar-refractivity contribution in [1.82, 2.24) is 9.80 Å². The number of carboxylic acids is 1. The van der Waals surface area contributed by atoms with Gasteiger partial charge < -0.3 is 10.0 Å². The van der Waals surface area contributed by atoms with Gasteiger partial charge in [0.2, 0.25) is 0 Å². The average Bonchev–Trinajstić information content (AvgIpc) is 2.86. The second-order valence-electron chi connectivity index (χ2n) is 6.04. The molecule has 1 aromatic heterocycles. The van der Waals surface area contributed by atoms with Gasteiger partial charge in [-0.2, -0.15) is 0 Å². The van der Waals surface area contributed by atoms with E-state index in [2.05, 4.69) is 31.0 Å². The van der Waals surface area contributed by atoms with Crippen LogP contribution in [0.4, 0.5) is 9.80 Å². The predicted molar refractivity (Wildman–Crippen MR) is 83.2 cm³/mol. The Kier molecular flexibility index (Phi) is 4.53. The summed E-state index contributed by atoms with van der Waals surface area (Å²) in [5, 5.41) is 13.8. The number of carboxylic acid groups (broad SMARTS) is 1. The number of aromatic carboxylic acids is 1. The summed E-state index contributed by atoms with van der Waals surface area (Å²) in [4.78, 5) is 27.3. The monoisotopic (exact) mass is 311 g/mol. The normalized spacial score (nSPS) is 16.8. The summed E-state index contributed by atoms with van der Waals surface area (Å²) in [6, 6.07) is 1.27. The van der Waals surface area contributed by atoms with Crippen molar-refractivity contribution in [2.24, 2.45) is 0 Å². The number of carbonyl (C=O) groups excluding carboxylic acids is 1. The van der Waals surface area contributed by atoms with E-state index in [-0.39, 0.29) is 17.1 Å². The maximum atomic E-state index is 12.2. The third kappa shape index (κ3) is 3.74. The maximum absolute atomic E-state index is 12.2. The van der Waals surface area contributed by atoms with Crippen molar-refractivity contribution in [2.75, 3.05) is 31.5 Å². The van der Waals surface area contributed by atoms with Gasteiger partial charge in [0.15, 0.2) is 0 Å². The number of hydrogen-bond donors (Lipinski definition) is 2. The van der Waals surface area contributed by atoms with E-state index in [9.17, 15) is 9.59 Å². The molecule has 0 radical (unpaired) electrons. The fourth-order valence-corrected chi connectivity index (χ4v) is 3.10. The highest BCUT2D eigenvalue weighted by atomic mass is 32.1. The molecule has 0 atom stereocenters. The zero-order valence-corrected chi connectivity index (χ0v) is 13.4. The lowest BCUT2D eigenvalue weighted by Gasteiger charge is -2.42. The molecule has 1 aromatic rings. The highest BCUT2D eigenvalue weighted by molar-refractivity contribution is 7.14. The third-order valence-electron chi connectivity index (χ3n) is 3.63. The molecule has 1 fully saturated rings. The van der Waals surface area contributed by atoms with E-state index in [1.807, 2.05) is 0 Å². The van der Waals surface area contributed by atoms with E-state index in [0.717, 1.165) is 13.1 Å². The first kappa shape index (κ1) is 15.8. The van der Waals surface area contributed by atoms with Crippen LogP contribution in [0.15, 0.2) is 11.4 Å². The second-order valence-corrected chi connectivity index (χ2v) is 6.96. The van der Waals surface area contributed by atoms with Crippen LogP contribution in [0.25, 0.3) is 0 Å². The number of carbonyl (C=O) groups is 2. The minimum Gasteiger partial charge on any atom is -0.478 e. The standard InChI is InChI=1S/C14H21N3O3S/c1-14(2,3)17-7-5-16(6-8-17)13(20)15-11-10(12(18)19)4-9-21-11/h4,9H,5-8H2,1-3H3,(H,15,20)(H,18,19). The Morgan fingerprint density at radius 3 is 2.38 bits per heavy atom. The van der Waals surface area contributed by atoms with Gasteiger partial charge in [0.05, 0.1) is 5.56 Å². The van der Waals surface area contributed by atoms with Crippen LogP contribution in [0, 0.1) is 0 Å². The fourth-order valence-electron chi connectivity index (χ4n) is 2.33. The Balaban J connectivity index is 1.94. The number of urea groups is 1. The molecule has 1 saturated heterocycles. The Labute approximate surface area is 128 Å². The Morgan fingerprint density at radius 1 is 1.24 bits per heavy atom. The maximum Gasteiger partial charge on any atom is 0.338 e. The first-order valence-electron chi connectivity index (χ1n) is 6.91. The van der Waals surface area contributed by atoms with Crippen LogP contribution in [0.2, 0.25) is 0 Å². The molecule has 0 bridgehead atoms. The summed E-state index contributed by atoms with van der Waals surface area (Å²) in [7, 11) is 0. The minimum atomic E-state index is -1.02. The van der Waals surface area contributed by atoms with Gasteiger partial charge in [0.25, 0.3) is 0 Å². The molecular formula is C14H21N3O3S. The quantitative estimate of drug-likeness (QED) is 0.879. The van der Waals surface area contributed by atoms with Gasteiger partial charge in [0, 0.05) is 31.7 Å². The number of hydrogen-bond acceptors (Lipinski definition) is 4. The first-order chi connectivity index (χ1) is 9.79. The van der Waals surface area contributed by atoms with Crippen molar-refractivity contribution >= 4 is 28.3 Å². The second kappa shape index (κ2) is 6.03. The van der Waals surface area contributed by atoms with Crippen molar-refractivity contribution in [3.05, 3.63) is 17.0 Å². The zero-order valence-electron chi connectivity index (χ0n) is 12.5. The van der Waals surface area contributed by atoms with Gasteiger partial charge in [-0.15, -0.1) is 11.3 Å². The highest BCUT2D eigenvalue weighted by Crippen LogP contribution is 2.24. The molecule has 0 aromatic carbocycles. The molecule has 116 valence electrons. The minimum absolute atomic E-state index is 0.104. The number of amides is 2. The molecule has 2 N–H and O–H groups in total. The van der Waals surface area contributed by atoms with Gasteiger partial charge in [-0.3, -0.25) is 10.2 Å². The summed E-state index contributed by atoms with van der Waals surface area (Å²) in [6.45, 7) is 9.43. The van der Waals surface area contributed by atoms with Crippen LogP contribution in [0.3, 0.4) is 0 Å². The molecule has 7 heteroatoms. The molecular weight excluding hydrogens is 290 g/mol. The number of thiophene rings is 1. The third-order valence-corrected chi connectivity index (χ3v) is 4.46. The van der Waals surface area contributed by atoms with E-state index in [4.69, 9.17) is 5.11 Å². The Bertz CT molecular complexity index is 528. The van der Waals surface area contributed by atoms with Crippen LogP contribution in [0.1, 0.15) is 31.1 Å². The lowest BCUT2D eigenvalue weighted by Crippen LogP contribution is -2.55. The molecule has 2 rings (SSSR count). The van der Waals surface area contributed by atoms with Gasteiger partial charge in [-0.1, -0.05) is 0 Å². The number of nitrogens with zero attached hydrogens (tertiary/aromatic N) is 2. The molecule has 0 aliphatic carbocycles. The summed E-state index contributed by atoms with van der Waals surface area (Å²) < 4.78 is 0. The van der Waals surface area contributed by atoms with E-state index < -0.39 is 5.97 Å². The summed E-state index contributed by atoms with van der Waals surface area (Å²) >= 11 is 1.23. The van der Waals surface area contributed by atoms with Gasteiger partial charge in [-0.25, -0.2) is 9.59 Å². The molecule has 0 unspecified atom stereocenters. The van der Waals surface area contributed by atoms with Crippen LogP contribution in [-0.2, 0) is 0 Å². The lowest BCUT2D eigenvalue weighted by molar-refractivity contribution is 0.0698. The van der Waals surface area contributed by atoms with Gasteiger partial charge in [0.1, 0.15) is 5.00 Å². The van der Waals surface area contributed by atoms with Gasteiger partial charge in [-0.05, 0) is 32.2 Å². The van der Waals surface area contributed by atoms with Crippen LogP contribution >= 0.6 is 11.3 Å². The smallest absolute Gasteiger partial charge is 0.338 e. The number of rotatable bonds is 2. The molecule has 0 saturated carbocycles. The Morgan fingerprint density at radius 2 is 1.86 bits per heavy atom. The van der Waals surface area contributed by atoms with Crippen LogP contribution < -0.4 is 5.32 Å². The summed E-state index contributed by atoms with van der Waals surface area (Å²) in [5.41, 5.74) is 0.244. The zero-order chi connectivity index (χ0) is 15.6. The number of nitrogens with one attached hydrogen (secondary N) is 1. The van der Waals surface area contributed by atoms with E-state index in [1.165, 1.54) is 17.4 Å². The van der Waals surface area contributed by atoms with E-state index >= 15 is 0 Å². The predicted octanol–water partition coefficient (Wildman–Crippen LogP) is 2.39. The first-order valence-corrected chi connectivity index (χ1v) is 7.79. The molecule has 21 heavy (non-hydrogen) atoms. The number of anilines is 1. The van der Waals surface area contributed by atoms with Crippen molar-refractivity contribution in [3.63, 3.8) is 0 Å². The van der Waals surface area contributed by atoms with Crippen molar-refractivity contribution in [2.45, 2.75) is 26.3 Å². The molecule has 2 amide bonds. The average molecular weight is 311 g/mol. The van der Waals surface area contributed by atoms with E-state index in [1.54, 1.807) is 10.3 Å². The molecule has 0 spiro atoms. The van der Waals surface area contributed by atoms with Crippen molar-refractivity contribution in [3.8, 4) is 0 Å². The SMILES string of the molecule is CC(C)(C)N1CCN(C(=O)Nc2sccc2C(=O)O)CC1. The van der Waals surface area contributed by atoms with E-state index in [0.29, 0.717) is 18.1 Å². The Hall–Kier alpha value is -1.60. The largest absolute Gasteiger partial charge is 0.478 e.